The van der Waals surface area contributed by atoms with Crippen LogP contribution in [0.3, 0.4) is 0 Å². The number of hydrogen-bond acceptors (Lipinski definition) is 6. The molecule has 1 saturated heterocycles. The van der Waals surface area contributed by atoms with E-state index in [2.05, 4.69) is 5.32 Å². The fourth-order valence-electron chi connectivity index (χ4n) is 4.20. The van der Waals surface area contributed by atoms with Crippen LogP contribution in [0.4, 0.5) is 5.69 Å². The largest absolute Gasteiger partial charge is 0.495 e. The summed E-state index contributed by atoms with van der Waals surface area (Å²) >= 11 is 0. The fourth-order valence-corrected chi connectivity index (χ4v) is 7.54. The molecule has 0 saturated carbocycles. The number of benzene rings is 2. The van der Waals surface area contributed by atoms with Crippen molar-refractivity contribution in [1.82, 2.24) is 8.61 Å². The van der Waals surface area contributed by atoms with Gasteiger partial charge in [-0.05, 0) is 62.2 Å². The van der Waals surface area contributed by atoms with Crippen LogP contribution in [0.1, 0.15) is 50.4 Å². The van der Waals surface area contributed by atoms with E-state index in [1.54, 1.807) is 13.8 Å². The van der Waals surface area contributed by atoms with Crippen LogP contribution < -0.4 is 10.1 Å². The number of carbonyl (C=O) groups is 1. The Kier molecular flexibility index (Phi) is 8.58. The molecule has 0 aliphatic carbocycles. The summed E-state index contributed by atoms with van der Waals surface area (Å²) in [4.78, 5) is 13.0. The van der Waals surface area contributed by atoms with Crippen LogP contribution in [0.5, 0.6) is 5.75 Å². The molecule has 1 atom stereocenters. The number of carbonyl (C=O) groups excluding carboxylic acids is 1. The molecule has 0 unspecified atom stereocenters. The molecule has 2 aromatic rings. The van der Waals surface area contributed by atoms with Crippen molar-refractivity contribution in [3.63, 3.8) is 0 Å². The summed E-state index contributed by atoms with van der Waals surface area (Å²) in [6.07, 6.45) is 2.54. The Bertz CT molecular complexity index is 1260. The second-order valence-electron chi connectivity index (χ2n) is 8.39. The first kappa shape index (κ1) is 27.1. The summed E-state index contributed by atoms with van der Waals surface area (Å²) in [5, 5.41) is 2.70. The van der Waals surface area contributed by atoms with Crippen molar-refractivity contribution in [1.29, 1.82) is 0 Å². The standard InChI is InChI=1S/C24H33N3O6S2/c1-5-26(6-2)34(29,30)21-13-11-20(12-14-21)25-24(28)19-10-15-22(33-4)23(17-19)35(31,32)27-16-8-7-9-18(27)3/h10-15,17-18H,5-9,16H2,1-4H3,(H,25,28)/t18-/m1/s1. The molecule has 1 heterocycles. The number of hydrogen-bond donors (Lipinski definition) is 1. The van der Waals surface area contributed by atoms with Crippen molar-refractivity contribution in [3.05, 3.63) is 48.0 Å². The summed E-state index contributed by atoms with van der Waals surface area (Å²) in [6, 6.07) is 10.0. The Morgan fingerprint density at radius 2 is 1.71 bits per heavy atom. The minimum Gasteiger partial charge on any atom is -0.495 e. The summed E-state index contributed by atoms with van der Waals surface area (Å²) in [5.74, 6) is -0.347. The maximum atomic E-state index is 13.4. The first-order valence-electron chi connectivity index (χ1n) is 11.7. The van der Waals surface area contributed by atoms with Gasteiger partial charge in [0.05, 0.1) is 12.0 Å². The number of piperidine rings is 1. The quantitative estimate of drug-likeness (QED) is 0.538. The topological polar surface area (TPSA) is 113 Å². The molecule has 1 amide bonds. The van der Waals surface area contributed by atoms with Crippen molar-refractivity contribution in [3.8, 4) is 5.75 Å². The number of nitrogens with zero attached hydrogens (tertiary/aromatic N) is 2. The van der Waals surface area contributed by atoms with E-state index in [0.717, 1.165) is 19.3 Å². The number of rotatable bonds is 9. The van der Waals surface area contributed by atoms with E-state index >= 15 is 0 Å². The third-order valence-electron chi connectivity index (χ3n) is 6.21. The Balaban J connectivity index is 1.85. The van der Waals surface area contributed by atoms with E-state index in [0.29, 0.717) is 25.3 Å². The van der Waals surface area contributed by atoms with Gasteiger partial charge in [0.25, 0.3) is 5.91 Å². The lowest BCUT2D eigenvalue weighted by molar-refractivity contribution is 0.102. The SMILES string of the molecule is CCN(CC)S(=O)(=O)c1ccc(NC(=O)c2ccc(OC)c(S(=O)(=O)N3CCCC[C@H]3C)c2)cc1. The summed E-state index contributed by atoms with van der Waals surface area (Å²) in [7, 11) is -6.08. The Labute approximate surface area is 208 Å². The molecule has 0 radical (unpaired) electrons. The maximum absolute atomic E-state index is 13.4. The van der Waals surface area contributed by atoms with E-state index in [9.17, 15) is 21.6 Å². The average molecular weight is 524 g/mol. The molecule has 2 aromatic carbocycles. The van der Waals surface area contributed by atoms with Crippen LogP contribution in [-0.2, 0) is 20.0 Å². The molecule has 0 aromatic heterocycles. The van der Waals surface area contributed by atoms with Gasteiger partial charge in [-0.2, -0.15) is 8.61 Å². The smallest absolute Gasteiger partial charge is 0.255 e. The fraction of sp³-hybridized carbons (Fsp3) is 0.458. The molecule has 192 valence electrons. The van der Waals surface area contributed by atoms with E-state index in [1.807, 2.05) is 6.92 Å². The van der Waals surface area contributed by atoms with Crippen molar-refractivity contribution in [2.45, 2.75) is 55.9 Å². The number of ether oxygens (including phenoxy) is 1. The average Bonchev–Trinajstić information content (AvgIpc) is 2.84. The third-order valence-corrected chi connectivity index (χ3v) is 10.3. The van der Waals surface area contributed by atoms with Crippen molar-refractivity contribution < 1.29 is 26.4 Å². The molecule has 1 aliphatic heterocycles. The van der Waals surface area contributed by atoms with Crippen LogP contribution in [0.2, 0.25) is 0 Å². The number of amides is 1. The highest BCUT2D eigenvalue weighted by Crippen LogP contribution is 2.32. The highest BCUT2D eigenvalue weighted by molar-refractivity contribution is 7.89. The van der Waals surface area contributed by atoms with Gasteiger partial charge in [-0.15, -0.1) is 0 Å². The van der Waals surface area contributed by atoms with Crippen LogP contribution >= 0.6 is 0 Å². The number of methoxy groups -OCH3 is 1. The molecule has 35 heavy (non-hydrogen) atoms. The highest BCUT2D eigenvalue weighted by Gasteiger charge is 2.33. The van der Waals surface area contributed by atoms with E-state index in [4.69, 9.17) is 4.74 Å². The Hall–Kier alpha value is -2.47. The molecule has 0 spiro atoms. The lowest BCUT2D eigenvalue weighted by Crippen LogP contribution is -2.42. The van der Waals surface area contributed by atoms with Gasteiger partial charge in [-0.1, -0.05) is 20.3 Å². The first-order chi connectivity index (χ1) is 16.6. The minimum atomic E-state index is -3.86. The van der Waals surface area contributed by atoms with Gasteiger partial charge in [0.1, 0.15) is 10.6 Å². The minimum absolute atomic E-state index is 0.0536. The van der Waals surface area contributed by atoms with E-state index in [1.165, 1.54) is 58.2 Å². The lowest BCUT2D eigenvalue weighted by Gasteiger charge is -2.32. The maximum Gasteiger partial charge on any atom is 0.255 e. The molecule has 3 rings (SSSR count). The van der Waals surface area contributed by atoms with Gasteiger partial charge in [0.15, 0.2) is 0 Å². The van der Waals surface area contributed by atoms with Crippen LogP contribution in [0, 0.1) is 0 Å². The molecule has 9 nitrogen and oxygen atoms in total. The molecule has 11 heteroatoms. The zero-order chi connectivity index (χ0) is 25.8. The molecular formula is C24H33N3O6S2. The Morgan fingerprint density at radius 3 is 2.29 bits per heavy atom. The van der Waals surface area contributed by atoms with Gasteiger partial charge in [-0.3, -0.25) is 4.79 Å². The second kappa shape index (κ2) is 11.1. The predicted octanol–water partition coefficient (Wildman–Crippen LogP) is 3.54. The monoisotopic (exact) mass is 523 g/mol. The predicted molar refractivity (Wildman–Crippen MR) is 135 cm³/mol. The zero-order valence-electron chi connectivity index (χ0n) is 20.5. The molecule has 1 N–H and O–H groups in total. The van der Waals surface area contributed by atoms with Crippen molar-refractivity contribution in [2.75, 3.05) is 32.1 Å². The van der Waals surface area contributed by atoms with Crippen molar-refractivity contribution >= 4 is 31.6 Å². The van der Waals surface area contributed by atoms with Crippen LogP contribution in [0.15, 0.2) is 52.3 Å². The summed E-state index contributed by atoms with van der Waals surface area (Å²) in [5.41, 5.74) is 0.534. The molecule has 1 fully saturated rings. The molecule has 1 aliphatic rings. The van der Waals surface area contributed by atoms with Gasteiger partial charge in [0, 0.05) is 36.9 Å². The van der Waals surface area contributed by atoms with Gasteiger partial charge in [-0.25, -0.2) is 16.8 Å². The third kappa shape index (κ3) is 5.69. The second-order valence-corrected chi connectivity index (χ2v) is 12.2. The van der Waals surface area contributed by atoms with E-state index in [-0.39, 0.29) is 27.1 Å². The Morgan fingerprint density at radius 1 is 1.06 bits per heavy atom. The summed E-state index contributed by atoms with van der Waals surface area (Å²) in [6.45, 7) is 6.55. The molecular weight excluding hydrogens is 490 g/mol. The summed E-state index contributed by atoms with van der Waals surface area (Å²) < 4.78 is 60.2. The number of anilines is 1. The normalized spacial score (nSPS) is 17.3. The van der Waals surface area contributed by atoms with Crippen LogP contribution in [0.25, 0.3) is 0 Å². The van der Waals surface area contributed by atoms with Gasteiger partial charge in [0.2, 0.25) is 20.0 Å². The number of sulfonamides is 2. The number of nitrogens with one attached hydrogen (secondary N) is 1. The van der Waals surface area contributed by atoms with Crippen molar-refractivity contribution in [2.24, 2.45) is 0 Å². The lowest BCUT2D eigenvalue weighted by atomic mass is 10.1. The molecule has 0 bridgehead atoms. The van der Waals surface area contributed by atoms with Gasteiger partial charge >= 0.3 is 0 Å². The van der Waals surface area contributed by atoms with Gasteiger partial charge < -0.3 is 10.1 Å². The highest BCUT2D eigenvalue weighted by atomic mass is 32.2. The first-order valence-corrected chi connectivity index (χ1v) is 14.6. The van der Waals surface area contributed by atoms with E-state index < -0.39 is 26.0 Å². The van der Waals surface area contributed by atoms with Crippen LogP contribution in [-0.4, -0.2) is 64.1 Å². The zero-order valence-corrected chi connectivity index (χ0v) is 22.2.